The first kappa shape index (κ1) is 15.9. The largest absolute Gasteiger partial charge is 0.399 e. The number of benzene rings is 2. The maximum absolute atomic E-state index is 12.9. The number of amides is 1. The lowest BCUT2D eigenvalue weighted by Crippen LogP contribution is -2.44. The van der Waals surface area contributed by atoms with E-state index in [2.05, 4.69) is 19.1 Å². The molecule has 1 heterocycles. The van der Waals surface area contributed by atoms with Gasteiger partial charge in [0.25, 0.3) is 0 Å². The van der Waals surface area contributed by atoms with E-state index < -0.39 is 0 Å². The number of hydrogen-bond acceptors (Lipinski definition) is 3. The number of hydrogen-bond donors (Lipinski definition) is 1. The van der Waals surface area contributed by atoms with Gasteiger partial charge >= 0.3 is 0 Å². The summed E-state index contributed by atoms with van der Waals surface area (Å²) in [5.41, 5.74) is 8.68. The molecule has 1 saturated heterocycles. The van der Waals surface area contributed by atoms with E-state index >= 15 is 0 Å². The molecule has 2 aromatic rings. The number of nitrogen functional groups attached to an aromatic ring is 1. The first-order valence-electron chi connectivity index (χ1n) is 7.95. The van der Waals surface area contributed by atoms with Gasteiger partial charge in [-0.15, -0.1) is 0 Å². The van der Waals surface area contributed by atoms with Gasteiger partial charge in [0, 0.05) is 23.2 Å². The molecular formula is C19H22N2OS. The Morgan fingerprint density at radius 1 is 1.17 bits per heavy atom. The maximum Gasteiger partial charge on any atom is 0.227 e. The van der Waals surface area contributed by atoms with Gasteiger partial charge in [0.15, 0.2) is 0 Å². The molecule has 2 atom stereocenters. The fourth-order valence-corrected chi connectivity index (χ4v) is 4.27. The number of nitrogens with two attached hydrogens (primary N) is 1. The summed E-state index contributed by atoms with van der Waals surface area (Å²) >= 11 is 1.94. The van der Waals surface area contributed by atoms with Crippen LogP contribution in [0.3, 0.4) is 0 Å². The topological polar surface area (TPSA) is 46.3 Å². The first-order valence-corrected chi connectivity index (χ1v) is 9.00. The lowest BCUT2D eigenvalue weighted by molar-refractivity contribution is -0.132. The van der Waals surface area contributed by atoms with Crippen LogP contribution in [0.25, 0.3) is 0 Å². The highest BCUT2D eigenvalue weighted by Crippen LogP contribution is 2.36. The quantitative estimate of drug-likeness (QED) is 0.878. The van der Waals surface area contributed by atoms with E-state index in [9.17, 15) is 4.79 Å². The average Bonchev–Trinajstić information content (AvgIpc) is 2.57. The van der Waals surface area contributed by atoms with Crippen molar-refractivity contribution in [3.8, 4) is 0 Å². The van der Waals surface area contributed by atoms with Gasteiger partial charge in [-0.1, -0.05) is 49.4 Å². The van der Waals surface area contributed by atoms with Crippen LogP contribution >= 0.6 is 11.8 Å². The summed E-state index contributed by atoms with van der Waals surface area (Å²) in [4.78, 5) is 14.9. The molecule has 3 rings (SSSR count). The molecule has 120 valence electrons. The Labute approximate surface area is 141 Å². The van der Waals surface area contributed by atoms with Crippen molar-refractivity contribution in [1.82, 2.24) is 4.90 Å². The van der Waals surface area contributed by atoms with E-state index in [1.165, 1.54) is 5.56 Å². The molecule has 0 radical (unpaired) electrons. The fraction of sp³-hybridized carbons (Fsp3) is 0.316. The van der Waals surface area contributed by atoms with Crippen molar-refractivity contribution in [1.29, 1.82) is 0 Å². The first-order chi connectivity index (χ1) is 11.1. The second-order valence-electron chi connectivity index (χ2n) is 5.94. The predicted molar refractivity (Wildman–Crippen MR) is 97.4 cm³/mol. The predicted octanol–water partition coefficient (Wildman–Crippen LogP) is 3.52. The number of nitrogens with zero attached hydrogens (tertiary/aromatic N) is 1. The minimum Gasteiger partial charge on any atom is -0.399 e. The Kier molecular flexibility index (Phi) is 4.91. The van der Waals surface area contributed by atoms with Crippen LogP contribution in [0.4, 0.5) is 5.69 Å². The number of anilines is 1. The van der Waals surface area contributed by atoms with Crippen molar-refractivity contribution in [2.45, 2.75) is 24.6 Å². The molecule has 1 fully saturated rings. The van der Waals surface area contributed by atoms with Crippen molar-refractivity contribution in [3.05, 3.63) is 65.7 Å². The van der Waals surface area contributed by atoms with Crippen LogP contribution in [-0.2, 0) is 11.2 Å². The Bertz CT molecular complexity index is 657. The zero-order chi connectivity index (χ0) is 16.2. The third kappa shape index (κ3) is 3.70. The normalized spacial score (nSPS) is 21.2. The standard InChI is InChI=1S/C19H22N2OS/c1-14-19(16-5-3-2-4-6-16)21(11-12-23-14)18(22)13-15-7-9-17(20)10-8-15/h2-10,14,19H,11-13,20H2,1H3. The molecule has 2 unspecified atom stereocenters. The molecule has 0 saturated carbocycles. The summed E-state index contributed by atoms with van der Waals surface area (Å²) in [6.07, 6.45) is 0.432. The van der Waals surface area contributed by atoms with Gasteiger partial charge in [-0.2, -0.15) is 11.8 Å². The van der Waals surface area contributed by atoms with Crippen molar-refractivity contribution < 1.29 is 4.79 Å². The second-order valence-corrected chi connectivity index (χ2v) is 7.42. The minimum absolute atomic E-state index is 0.149. The van der Waals surface area contributed by atoms with Crippen LogP contribution in [0, 0.1) is 0 Å². The van der Waals surface area contributed by atoms with Crippen molar-refractivity contribution >= 4 is 23.4 Å². The van der Waals surface area contributed by atoms with Crippen LogP contribution in [0.2, 0.25) is 0 Å². The summed E-state index contributed by atoms with van der Waals surface area (Å²) in [6.45, 7) is 3.02. The highest BCUT2D eigenvalue weighted by atomic mass is 32.2. The zero-order valence-corrected chi connectivity index (χ0v) is 14.1. The van der Waals surface area contributed by atoms with E-state index in [1.807, 2.05) is 59.1 Å². The Balaban J connectivity index is 1.80. The molecule has 1 aliphatic heterocycles. The molecule has 3 nitrogen and oxygen atoms in total. The van der Waals surface area contributed by atoms with Gasteiger partial charge in [0.05, 0.1) is 12.5 Å². The molecule has 0 aromatic heterocycles. The van der Waals surface area contributed by atoms with E-state index in [0.29, 0.717) is 11.7 Å². The number of carbonyl (C=O) groups is 1. The van der Waals surface area contributed by atoms with E-state index in [0.717, 1.165) is 23.5 Å². The molecule has 0 spiro atoms. The summed E-state index contributed by atoms with van der Waals surface area (Å²) in [5.74, 6) is 1.19. The monoisotopic (exact) mass is 326 g/mol. The molecule has 2 aromatic carbocycles. The number of rotatable bonds is 3. The van der Waals surface area contributed by atoms with E-state index in [4.69, 9.17) is 5.73 Å². The molecule has 0 bridgehead atoms. The third-order valence-electron chi connectivity index (χ3n) is 4.29. The molecule has 2 N–H and O–H groups in total. The van der Waals surface area contributed by atoms with Crippen molar-refractivity contribution in [3.63, 3.8) is 0 Å². The molecular weight excluding hydrogens is 304 g/mol. The van der Waals surface area contributed by atoms with Crippen LogP contribution in [0.15, 0.2) is 54.6 Å². The third-order valence-corrected chi connectivity index (χ3v) is 5.49. The Hall–Kier alpha value is -1.94. The Morgan fingerprint density at radius 3 is 2.57 bits per heavy atom. The van der Waals surface area contributed by atoms with Gasteiger partial charge in [0.1, 0.15) is 0 Å². The zero-order valence-electron chi connectivity index (χ0n) is 13.3. The summed E-state index contributed by atoms with van der Waals surface area (Å²) in [5, 5.41) is 0.404. The summed E-state index contributed by atoms with van der Waals surface area (Å²) < 4.78 is 0. The van der Waals surface area contributed by atoms with E-state index in [-0.39, 0.29) is 11.9 Å². The fourth-order valence-electron chi connectivity index (χ4n) is 3.11. The highest BCUT2D eigenvalue weighted by Gasteiger charge is 2.33. The van der Waals surface area contributed by atoms with Crippen LogP contribution in [0.1, 0.15) is 24.1 Å². The average molecular weight is 326 g/mol. The van der Waals surface area contributed by atoms with Crippen LogP contribution in [0.5, 0.6) is 0 Å². The number of thioether (sulfide) groups is 1. The Morgan fingerprint density at radius 2 is 1.87 bits per heavy atom. The SMILES string of the molecule is CC1SCCN(C(=O)Cc2ccc(N)cc2)C1c1ccccc1. The maximum atomic E-state index is 12.9. The van der Waals surface area contributed by atoms with Crippen molar-refractivity contribution in [2.75, 3.05) is 18.0 Å². The molecule has 23 heavy (non-hydrogen) atoms. The van der Waals surface area contributed by atoms with Gasteiger partial charge in [0.2, 0.25) is 5.91 Å². The van der Waals surface area contributed by atoms with Gasteiger partial charge in [-0.25, -0.2) is 0 Å². The van der Waals surface area contributed by atoms with E-state index in [1.54, 1.807) is 0 Å². The van der Waals surface area contributed by atoms with Gasteiger partial charge in [-0.05, 0) is 23.3 Å². The summed E-state index contributed by atoms with van der Waals surface area (Å²) in [6, 6.07) is 18.1. The molecule has 4 heteroatoms. The minimum atomic E-state index is 0.149. The summed E-state index contributed by atoms with van der Waals surface area (Å²) in [7, 11) is 0. The molecule has 1 aliphatic rings. The van der Waals surface area contributed by atoms with Gasteiger partial charge in [-0.3, -0.25) is 4.79 Å². The number of carbonyl (C=O) groups excluding carboxylic acids is 1. The lowest BCUT2D eigenvalue weighted by Gasteiger charge is -2.40. The van der Waals surface area contributed by atoms with Crippen LogP contribution < -0.4 is 5.73 Å². The van der Waals surface area contributed by atoms with Crippen LogP contribution in [-0.4, -0.2) is 28.4 Å². The lowest BCUT2D eigenvalue weighted by atomic mass is 10.0. The smallest absolute Gasteiger partial charge is 0.227 e. The molecule has 0 aliphatic carbocycles. The molecule has 1 amide bonds. The second kappa shape index (κ2) is 7.09. The van der Waals surface area contributed by atoms with Crippen molar-refractivity contribution in [2.24, 2.45) is 0 Å². The highest BCUT2D eigenvalue weighted by molar-refractivity contribution is 8.00. The van der Waals surface area contributed by atoms with Gasteiger partial charge < -0.3 is 10.6 Å².